The predicted octanol–water partition coefficient (Wildman–Crippen LogP) is 1.72. The topological polar surface area (TPSA) is 67.4 Å². The maximum absolute atomic E-state index is 12.0. The quantitative estimate of drug-likeness (QED) is 0.681. The molecular formula is C14H22N2O3S. The van der Waals surface area contributed by atoms with Crippen molar-refractivity contribution in [3.63, 3.8) is 0 Å². The van der Waals surface area contributed by atoms with Crippen LogP contribution in [-0.2, 0) is 21.4 Å². The highest BCUT2D eigenvalue weighted by molar-refractivity contribution is 7.92. The van der Waals surface area contributed by atoms with Crippen molar-refractivity contribution in [2.24, 2.45) is 0 Å². The number of nitrogens with one attached hydrogen (secondary N) is 2. The second-order valence-corrected chi connectivity index (χ2v) is 6.98. The number of hydrogen-bond donors (Lipinski definition) is 2. The second kappa shape index (κ2) is 7.06. The van der Waals surface area contributed by atoms with Gasteiger partial charge in [-0.05, 0) is 43.5 Å². The first-order chi connectivity index (χ1) is 9.59. The number of benzene rings is 1. The first-order valence-electron chi connectivity index (χ1n) is 6.91. The molecular weight excluding hydrogens is 276 g/mol. The Morgan fingerprint density at radius 2 is 2.15 bits per heavy atom. The van der Waals surface area contributed by atoms with Crippen LogP contribution in [0.2, 0.25) is 0 Å². The molecule has 2 rings (SSSR count). The van der Waals surface area contributed by atoms with Gasteiger partial charge in [0.2, 0.25) is 10.0 Å². The first kappa shape index (κ1) is 15.3. The number of sulfonamides is 1. The van der Waals surface area contributed by atoms with Gasteiger partial charge in [0, 0.05) is 18.8 Å². The number of rotatable bonds is 9. The SMILES string of the molecule is COCc1cccc(NS(=O)(=O)CCCNC2CC2)c1. The molecule has 1 aromatic rings. The fraction of sp³-hybridized carbons (Fsp3) is 0.571. The smallest absolute Gasteiger partial charge is 0.232 e. The van der Waals surface area contributed by atoms with E-state index in [4.69, 9.17) is 4.74 Å². The normalized spacial score (nSPS) is 15.2. The van der Waals surface area contributed by atoms with Gasteiger partial charge in [-0.3, -0.25) is 4.72 Å². The molecule has 1 aliphatic rings. The van der Waals surface area contributed by atoms with Crippen molar-refractivity contribution in [1.82, 2.24) is 5.32 Å². The molecule has 0 heterocycles. The van der Waals surface area contributed by atoms with Crippen molar-refractivity contribution in [3.05, 3.63) is 29.8 Å². The lowest BCUT2D eigenvalue weighted by molar-refractivity contribution is 0.185. The summed E-state index contributed by atoms with van der Waals surface area (Å²) in [5.74, 6) is 0.140. The summed E-state index contributed by atoms with van der Waals surface area (Å²) >= 11 is 0. The van der Waals surface area contributed by atoms with Crippen LogP contribution >= 0.6 is 0 Å². The molecule has 0 spiro atoms. The van der Waals surface area contributed by atoms with Gasteiger partial charge in [-0.1, -0.05) is 12.1 Å². The van der Waals surface area contributed by atoms with Crippen LogP contribution in [0.25, 0.3) is 0 Å². The van der Waals surface area contributed by atoms with Gasteiger partial charge >= 0.3 is 0 Å². The molecule has 0 bridgehead atoms. The summed E-state index contributed by atoms with van der Waals surface area (Å²) in [4.78, 5) is 0. The lowest BCUT2D eigenvalue weighted by Gasteiger charge is -2.09. The summed E-state index contributed by atoms with van der Waals surface area (Å²) < 4.78 is 31.6. The van der Waals surface area contributed by atoms with Gasteiger partial charge in [-0.15, -0.1) is 0 Å². The van der Waals surface area contributed by atoms with E-state index in [-0.39, 0.29) is 5.75 Å². The van der Waals surface area contributed by atoms with Crippen LogP contribution in [0.15, 0.2) is 24.3 Å². The molecule has 2 N–H and O–H groups in total. The molecule has 0 unspecified atom stereocenters. The van der Waals surface area contributed by atoms with E-state index in [1.54, 1.807) is 19.2 Å². The molecule has 1 saturated carbocycles. The lowest BCUT2D eigenvalue weighted by Crippen LogP contribution is -2.23. The van der Waals surface area contributed by atoms with E-state index in [1.165, 1.54) is 12.8 Å². The van der Waals surface area contributed by atoms with Gasteiger partial charge in [0.05, 0.1) is 12.4 Å². The zero-order valence-electron chi connectivity index (χ0n) is 11.8. The monoisotopic (exact) mass is 298 g/mol. The molecule has 0 saturated heterocycles. The number of ether oxygens (including phenoxy) is 1. The third-order valence-corrected chi connectivity index (χ3v) is 4.48. The average Bonchev–Trinajstić information content (AvgIpc) is 3.19. The van der Waals surface area contributed by atoms with Gasteiger partial charge in [0.25, 0.3) is 0 Å². The van der Waals surface area contributed by atoms with Crippen molar-refractivity contribution in [2.45, 2.75) is 31.9 Å². The van der Waals surface area contributed by atoms with Crippen molar-refractivity contribution in [1.29, 1.82) is 0 Å². The van der Waals surface area contributed by atoms with Crippen molar-refractivity contribution < 1.29 is 13.2 Å². The Morgan fingerprint density at radius 3 is 2.85 bits per heavy atom. The van der Waals surface area contributed by atoms with E-state index in [0.717, 1.165) is 12.1 Å². The van der Waals surface area contributed by atoms with E-state index >= 15 is 0 Å². The summed E-state index contributed by atoms with van der Waals surface area (Å²) in [5.41, 5.74) is 1.54. The molecule has 1 aliphatic carbocycles. The molecule has 1 fully saturated rings. The Bertz CT molecular complexity index is 527. The minimum Gasteiger partial charge on any atom is -0.380 e. The van der Waals surface area contributed by atoms with Gasteiger partial charge in [0.15, 0.2) is 0 Å². The van der Waals surface area contributed by atoms with E-state index in [9.17, 15) is 8.42 Å². The molecule has 0 aliphatic heterocycles. The fourth-order valence-corrected chi connectivity index (χ4v) is 3.09. The Balaban J connectivity index is 1.81. The van der Waals surface area contributed by atoms with Gasteiger partial charge in [-0.25, -0.2) is 8.42 Å². The Hall–Kier alpha value is -1.11. The molecule has 5 nitrogen and oxygen atoms in total. The summed E-state index contributed by atoms with van der Waals surface area (Å²) in [5, 5.41) is 3.31. The maximum Gasteiger partial charge on any atom is 0.232 e. The van der Waals surface area contributed by atoms with Crippen LogP contribution in [0.4, 0.5) is 5.69 Å². The molecule has 0 amide bonds. The van der Waals surface area contributed by atoms with Crippen LogP contribution in [0, 0.1) is 0 Å². The van der Waals surface area contributed by atoms with Crippen molar-refractivity contribution >= 4 is 15.7 Å². The summed E-state index contributed by atoms with van der Waals surface area (Å²) in [6, 6.07) is 7.89. The molecule has 1 aromatic carbocycles. The highest BCUT2D eigenvalue weighted by Crippen LogP contribution is 2.18. The Kier molecular flexibility index (Phi) is 5.39. The number of anilines is 1. The first-order valence-corrected chi connectivity index (χ1v) is 8.56. The van der Waals surface area contributed by atoms with Crippen molar-refractivity contribution in [2.75, 3.05) is 24.1 Å². The summed E-state index contributed by atoms with van der Waals surface area (Å²) in [6.07, 6.45) is 3.07. The minimum atomic E-state index is -3.27. The molecule has 20 heavy (non-hydrogen) atoms. The van der Waals surface area contributed by atoms with Gasteiger partial charge in [0.1, 0.15) is 0 Å². The fourth-order valence-electron chi connectivity index (χ4n) is 1.98. The Morgan fingerprint density at radius 1 is 1.35 bits per heavy atom. The summed E-state index contributed by atoms with van der Waals surface area (Å²) in [6.45, 7) is 1.23. The predicted molar refractivity (Wildman–Crippen MR) is 80.2 cm³/mol. The molecule has 0 atom stereocenters. The van der Waals surface area contributed by atoms with Gasteiger partial charge < -0.3 is 10.1 Å². The van der Waals surface area contributed by atoms with E-state index in [2.05, 4.69) is 10.0 Å². The van der Waals surface area contributed by atoms with Crippen molar-refractivity contribution in [3.8, 4) is 0 Å². The highest BCUT2D eigenvalue weighted by Gasteiger charge is 2.20. The summed E-state index contributed by atoms with van der Waals surface area (Å²) in [7, 11) is -1.66. The average molecular weight is 298 g/mol. The van der Waals surface area contributed by atoms with Crippen LogP contribution in [0.5, 0.6) is 0 Å². The van der Waals surface area contributed by atoms with Crippen LogP contribution in [-0.4, -0.2) is 33.9 Å². The maximum atomic E-state index is 12.0. The van der Waals surface area contributed by atoms with Gasteiger partial charge in [-0.2, -0.15) is 0 Å². The van der Waals surface area contributed by atoms with Crippen LogP contribution in [0.3, 0.4) is 0 Å². The highest BCUT2D eigenvalue weighted by atomic mass is 32.2. The standard InChI is InChI=1S/C14H22N2O3S/c1-19-11-12-4-2-5-14(10-12)16-20(17,18)9-3-8-15-13-6-7-13/h2,4-5,10,13,15-16H,3,6-9,11H2,1H3. The molecule has 6 heteroatoms. The second-order valence-electron chi connectivity index (χ2n) is 5.14. The lowest BCUT2D eigenvalue weighted by atomic mass is 10.2. The Labute approximate surface area is 120 Å². The third kappa shape index (κ3) is 5.48. The number of hydrogen-bond acceptors (Lipinski definition) is 4. The minimum absolute atomic E-state index is 0.140. The van der Waals surface area contributed by atoms with Crippen LogP contribution in [0.1, 0.15) is 24.8 Å². The third-order valence-electron chi connectivity index (χ3n) is 3.11. The molecule has 112 valence electrons. The van der Waals surface area contributed by atoms with Crippen LogP contribution < -0.4 is 10.0 Å². The zero-order chi connectivity index (χ0) is 14.4. The van der Waals surface area contributed by atoms with E-state index in [0.29, 0.717) is 24.8 Å². The largest absolute Gasteiger partial charge is 0.380 e. The zero-order valence-corrected chi connectivity index (χ0v) is 12.6. The molecule has 0 aromatic heterocycles. The molecule has 0 radical (unpaired) electrons. The van der Waals surface area contributed by atoms with E-state index in [1.807, 2.05) is 12.1 Å². The number of methoxy groups -OCH3 is 1. The van der Waals surface area contributed by atoms with E-state index < -0.39 is 10.0 Å².